The highest BCUT2D eigenvalue weighted by Gasteiger charge is 2.08. The normalized spacial score (nSPS) is 14.2. The number of rotatable bonds is 0. The Balaban J connectivity index is 2.67. The molecule has 0 bridgehead atoms. The van der Waals surface area contributed by atoms with Crippen molar-refractivity contribution < 1.29 is 0 Å². The fourth-order valence-corrected chi connectivity index (χ4v) is 0.877. The molecule has 2 rings (SSSR count). The number of anilines is 1. The zero-order chi connectivity index (χ0) is 6.27. The molecule has 0 saturated carbocycles. The first-order valence-corrected chi connectivity index (χ1v) is 2.70. The van der Waals surface area contributed by atoms with Crippen molar-refractivity contribution in [2.45, 2.75) is 6.67 Å². The molecule has 0 saturated heterocycles. The van der Waals surface area contributed by atoms with Gasteiger partial charge in [0.15, 0.2) is 5.82 Å². The van der Waals surface area contributed by atoms with E-state index in [9.17, 15) is 0 Å². The van der Waals surface area contributed by atoms with Crippen LogP contribution in [0.4, 0.5) is 11.5 Å². The van der Waals surface area contributed by atoms with Crippen molar-refractivity contribution in [1.29, 1.82) is 0 Å². The van der Waals surface area contributed by atoms with Crippen LogP contribution < -0.4 is 5.73 Å². The quantitative estimate of drug-likeness (QED) is 0.550. The van der Waals surface area contributed by atoms with Gasteiger partial charge in [0.2, 0.25) is 0 Å². The van der Waals surface area contributed by atoms with Crippen LogP contribution in [0, 0.1) is 0 Å². The smallest absolute Gasteiger partial charge is 0.179 e. The second-order valence-electron chi connectivity index (χ2n) is 1.95. The van der Waals surface area contributed by atoms with Gasteiger partial charge in [-0.05, 0) is 6.07 Å². The first kappa shape index (κ1) is 4.55. The van der Waals surface area contributed by atoms with Crippen molar-refractivity contribution in [3.8, 4) is 0 Å². The van der Waals surface area contributed by atoms with E-state index >= 15 is 0 Å². The molecule has 2 N–H and O–H groups in total. The predicted octanol–water partition coefficient (Wildman–Crippen LogP) is 1.13. The average molecular weight is 122 g/mol. The molecule has 0 aliphatic carbocycles. The summed E-state index contributed by atoms with van der Waals surface area (Å²) in [6.07, 6.45) is 1.88. The summed E-state index contributed by atoms with van der Waals surface area (Å²) in [5.41, 5.74) is 6.22. The van der Waals surface area contributed by atoms with Gasteiger partial charge in [-0.25, -0.2) is 0 Å². The Labute approximate surface area is 52.0 Å². The number of nitrogen functional groups attached to an aromatic ring is 1. The Morgan fingerprint density at radius 1 is 1.67 bits per heavy atom. The van der Waals surface area contributed by atoms with E-state index in [4.69, 9.17) is 5.73 Å². The number of nitrogens with two attached hydrogens (primary N) is 1. The summed E-state index contributed by atoms with van der Waals surface area (Å²) in [6.45, 7) is 0.618. The molecule has 0 unspecified atom stereocenters. The van der Waals surface area contributed by atoms with Crippen molar-refractivity contribution >= 4 is 11.5 Å². The summed E-state index contributed by atoms with van der Waals surface area (Å²) in [5, 5.41) is 7.60. The Morgan fingerprint density at radius 3 is 3.33 bits per heavy atom. The zero-order valence-corrected chi connectivity index (χ0v) is 4.78. The first-order valence-electron chi connectivity index (χ1n) is 2.70. The third-order valence-electron chi connectivity index (χ3n) is 1.35. The molecule has 1 aromatic heterocycles. The van der Waals surface area contributed by atoms with Gasteiger partial charge in [0.1, 0.15) is 6.67 Å². The number of hydrogen-bond donors (Lipinski definition) is 1. The monoisotopic (exact) mass is 122 g/mol. The summed E-state index contributed by atoms with van der Waals surface area (Å²) >= 11 is 0. The molecule has 1 aliphatic rings. The van der Waals surface area contributed by atoms with Gasteiger partial charge in [-0.15, -0.1) is 5.11 Å². The molecule has 0 aromatic carbocycles. The van der Waals surface area contributed by atoms with Gasteiger partial charge in [-0.2, -0.15) is 5.11 Å². The van der Waals surface area contributed by atoms with E-state index < -0.39 is 0 Å². The number of azo groups is 1. The van der Waals surface area contributed by atoms with Crippen LogP contribution >= 0.6 is 0 Å². The molecule has 0 fully saturated rings. The number of fused-ring (bicyclic) bond motifs is 1. The zero-order valence-electron chi connectivity index (χ0n) is 4.78. The first-order chi connectivity index (χ1) is 4.38. The molecule has 2 heterocycles. The van der Waals surface area contributed by atoms with E-state index in [1.807, 2.05) is 16.8 Å². The number of hydrogen-bond acceptors (Lipinski definition) is 3. The van der Waals surface area contributed by atoms with Gasteiger partial charge >= 0.3 is 0 Å². The van der Waals surface area contributed by atoms with Crippen molar-refractivity contribution in [2.24, 2.45) is 10.2 Å². The second-order valence-corrected chi connectivity index (χ2v) is 1.95. The molecule has 9 heavy (non-hydrogen) atoms. The van der Waals surface area contributed by atoms with Crippen LogP contribution in [0.25, 0.3) is 0 Å². The van der Waals surface area contributed by atoms with Crippen LogP contribution in [0.1, 0.15) is 0 Å². The van der Waals surface area contributed by atoms with Crippen molar-refractivity contribution in [3.05, 3.63) is 12.3 Å². The third-order valence-corrected chi connectivity index (χ3v) is 1.35. The largest absolute Gasteiger partial charge is 0.396 e. The molecule has 0 radical (unpaired) electrons. The van der Waals surface area contributed by atoms with Crippen molar-refractivity contribution in [2.75, 3.05) is 5.73 Å². The SMILES string of the molecule is Nc1ccn2c1N=NC2. The van der Waals surface area contributed by atoms with Crippen molar-refractivity contribution in [3.63, 3.8) is 0 Å². The van der Waals surface area contributed by atoms with Crippen molar-refractivity contribution in [1.82, 2.24) is 4.57 Å². The second kappa shape index (κ2) is 1.34. The highest BCUT2D eigenvalue weighted by atomic mass is 15.3. The van der Waals surface area contributed by atoms with Crippen LogP contribution in [0.3, 0.4) is 0 Å². The highest BCUT2D eigenvalue weighted by Crippen LogP contribution is 2.27. The molecule has 4 heteroatoms. The fourth-order valence-electron chi connectivity index (χ4n) is 0.877. The Bertz CT molecular complexity index is 260. The van der Waals surface area contributed by atoms with Gasteiger partial charge in [-0.1, -0.05) is 0 Å². The maximum Gasteiger partial charge on any atom is 0.179 e. The fraction of sp³-hybridized carbons (Fsp3) is 0.200. The van der Waals surface area contributed by atoms with Gasteiger partial charge in [0, 0.05) is 6.20 Å². The molecular formula is C5H6N4. The Hall–Kier alpha value is -1.32. The Morgan fingerprint density at radius 2 is 2.56 bits per heavy atom. The van der Waals surface area contributed by atoms with E-state index in [-0.39, 0.29) is 0 Å². The molecule has 0 amide bonds. The van der Waals surface area contributed by atoms with E-state index in [2.05, 4.69) is 10.2 Å². The number of aromatic nitrogens is 1. The lowest BCUT2D eigenvalue weighted by atomic mass is 10.5. The summed E-state index contributed by atoms with van der Waals surface area (Å²) in [5.74, 6) is 0.787. The topological polar surface area (TPSA) is 55.7 Å². The Kier molecular flexibility index (Phi) is 0.677. The maximum atomic E-state index is 5.52. The van der Waals surface area contributed by atoms with Crippen LogP contribution in [-0.4, -0.2) is 4.57 Å². The minimum absolute atomic E-state index is 0.618. The minimum atomic E-state index is 0.618. The minimum Gasteiger partial charge on any atom is -0.396 e. The summed E-state index contributed by atoms with van der Waals surface area (Å²) in [6, 6.07) is 1.83. The standard InChI is InChI=1S/C5H6N4/c6-4-1-2-9-3-7-8-5(4)9/h1-2H,3,6H2. The summed E-state index contributed by atoms with van der Waals surface area (Å²) in [7, 11) is 0. The lowest BCUT2D eigenvalue weighted by molar-refractivity contribution is 0.780. The van der Waals surface area contributed by atoms with Gasteiger partial charge in [0.05, 0.1) is 5.69 Å². The summed E-state index contributed by atoms with van der Waals surface area (Å²) < 4.78 is 1.90. The van der Waals surface area contributed by atoms with E-state index in [1.165, 1.54) is 0 Å². The van der Waals surface area contributed by atoms with E-state index in [1.54, 1.807) is 0 Å². The van der Waals surface area contributed by atoms with Crippen LogP contribution in [0.15, 0.2) is 22.5 Å². The average Bonchev–Trinajstić information content (AvgIpc) is 2.35. The van der Waals surface area contributed by atoms with Crippen LogP contribution in [-0.2, 0) is 6.67 Å². The molecule has 0 spiro atoms. The van der Waals surface area contributed by atoms with E-state index in [0.29, 0.717) is 12.4 Å². The highest BCUT2D eigenvalue weighted by molar-refractivity contribution is 5.59. The lowest BCUT2D eigenvalue weighted by Crippen LogP contribution is -1.85. The van der Waals surface area contributed by atoms with Gasteiger partial charge < -0.3 is 10.3 Å². The summed E-state index contributed by atoms with van der Waals surface area (Å²) in [4.78, 5) is 0. The molecule has 46 valence electrons. The molecule has 4 nitrogen and oxygen atoms in total. The molecular weight excluding hydrogens is 116 g/mol. The van der Waals surface area contributed by atoms with E-state index in [0.717, 1.165) is 5.82 Å². The number of nitrogens with zero attached hydrogens (tertiary/aromatic N) is 3. The lowest BCUT2D eigenvalue weighted by Gasteiger charge is -1.88. The van der Waals surface area contributed by atoms with Crippen LogP contribution in [0.2, 0.25) is 0 Å². The van der Waals surface area contributed by atoms with Crippen LogP contribution in [0.5, 0.6) is 0 Å². The predicted molar refractivity (Wildman–Crippen MR) is 33.4 cm³/mol. The molecule has 1 aliphatic heterocycles. The maximum absolute atomic E-state index is 5.52. The third kappa shape index (κ3) is 0.468. The van der Waals surface area contributed by atoms with Gasteiger partial charge in [-0.3, -0.25) is 0 Å². The molecule has 1 aromatic rings. The molecule has 0 atom stereocenters. The van der Waals surface area contributed by atoms with Gasteiger partial charge in [0.25, 0.3) is 0 Å².